The summed E-state index contributed by atoms with van der Waals surface area (Å²) in [6, 6.07) is 5.09. The predicted octanol–water partition coefficient (Wildman–Crippen LogP) is 1.60. The number of ether oxygens (including phenoxy) is 1. The summed E-state index contributed by atoms with van der Waals surface area (Å²) in [6.45, 7) is -0.426. The van der Waals surface area contributed by atoms with Crippen LogP contribution in [0.5, 0.6) is 5.88 Å². The summed E-state index contributed by atoms with van der Waals surface area (Å²) in [5, 5.41) is 13.1. The van der Waals surface area contributed by atoms with Crippen LogP contribution in [0.15, 0.2) is 24.4 Å². The number of halogens is 1. The number of hydrogen-bond donors (Lipinski definition) is 1. The molecule has 0 atom stereocenters. The fourth-order valence-corrected chi connectivity index (χ4v) is 1.53. The van der Waals surface area contributed by atoms with Gasteiger partial charge in [0.05, 0.1) is 16.4 Å². The molecule has 18 heavy (non-hydrogen) atoms. The van der Waals surface area contributed by atoms with E-state index >= 15 is 0 Å². The molecular weight excluding hydrogens is 258 g/mol. The largest absolute Gasteiger partial charge is 0.479 e. The molecule has 2 aromatic rings. The van der Waals surface area contributed by atoms with Gasteiger partial charge in [0, 0.05) is 19.3 Å². The number of aliphatic carboxylic acids is 1. The van der Waals surface area contributed by atoms with Crippen molar-refractivity contribution in [3.05, 3.63) is 29.4 Å². The lowest BCUT2D eigenvalue weighted by Gasteiger charge is -1.99. The number of rotatable bonds is 4. The van der Waals surface area contributed by atoms with Gasteiger partial charge in [-0.25, -0.2) is 4.79 Å². The van der Waals surface area contributed by atoms with E-state index in [4.69, 9.17) is 21.4 Å². The van der Waals surface area contributed by atoms with Gasteiger partial charge in [-0.3, -0.25) is 9.67 Å². The van der Waals surface area contributed by atoms with Crippen LogP contribution in [0.4, 0.5) is 0 Å². The molecule has 1 N–H and O–H groups in total. The normalized spacial score (nSPS) is 10.3. The number of aromatic nitrogens is 3. The van der Waals surface area contributed by atoms with Crippen LogP contribution in [0, 0.1) is 0 Å². The molecule has 0 amide bonds. The molecule has 0 radical (unpaired) electrons. The van der Waals surface area contributed by atoms with Gasteiger partial charge in [-0.05, 0) is 12.1 Å². The fourth-order valence-electron chi connectivity index (χ4n) is 1.41. The second-order valence-corrected chi connectivity index (χ2v) is 3.97. The highest BCUT2D eigenvalue weighted by Gasteiger charge is 2.10. The Labute approximate surface area is 108 Å². The van der Waals surface area contributed by atoms with Crippen LogP contribution in [-0.2, 0) is 11.8 Å². The van der Waals surface area contributed by atoms with Crippen molar-refractivity contribution in [3.63, 3.8) is 0 Å². The Morgan fingerprint density at radius 2 is 2.33 bits per heavy atom. The lowest BCUT2D eigenvalue weighted by atomic mass is 10.3. The first kappa shape index (κ1) is 12.4. The molecule has 2 aromatic heterocycles. The van der Waals surface area contributed by atoms with Crippen molar-refractivity contribution in [2.24, 2.45) is 7.05 Å². The minimum Gasteiger partial charge on any atom is -0.479 e. The van der Waals surface area contributed by atoms with Crippen molar-refractivity contribution in [3.8, 4) is 17.3 Å². The van der Waals surface area contributed by atoms with Crippen molar-refractivity contribution < 1.29 is 14.6 Å². The van der Waals surface area contributed by atoms with E-state index in [1.165, 1.54) is 6.20 Å². The van der Waals surface area contributed by atoms with Crippen LogP contribution in [0.25, 0.3) is 11.4 Å². The van der Waals surface area contributed by atoms with Crippen LogP contribution in [0.1, 0.15) is 0 Å². The van der Waals surface area contributed by atoms with Crippen LogP contribution < -0.4 is 4.74 Å². The molecule has 0 aliphatic heterocycles. The number of carbonyl (C=O) groups is 1. The Kier molecular flexibility index (Phi) is 3.47. The molecule has 2 rings (SSSR count). The van der Waals surface area contributed by atoms with Crippen molar-refractivity contribution in [1.29, 1.82) is 0 Å². The number of carboxylic acid groups (broad SMARTS) is 1. The molecule has 6 nitrogen and oxygen atoms in total. The zero-order valence-corrected chi connectivity index (χ0v) is 10.3. The van der Waals surface area contributed by atoms with E-state index < -0.39 is 12.6 Å². The maximum atomic E-state index is 10.4. The van der Waals surface area contributed by atoms with E-state index in [9.17, 15) is 4.79 Å². The molecule has 0 saturated carbocycles. The first-order valence-corrected chi connectivity index (χ1v) is 5.44. The van der Waals surface area contributed by atoms with Crippen molar-refractivity contribution in [2.75, 3.05) is 6.61 Å². The molecule has 7 heteroatoms. The van der Waals surface area contributed by atoms with Gasteiger partial charge in [0.25, 0.3) is 0 Å². The highest BCUT2D eigenvalue weighted by molar-refractivity contribution is 6.30. The van der Waals surface area contributed by atoms with Gasteiger partial charge in [0.2, 0.25) is 5.88 Å². The number of aryl methyl sites for hydroxylation is 1. The van der Waals surface area contributed by atoms with Gasteiger partial charge in [-0.2, -0.15) is 0 Å². The summed E-state index contributed by atoms with van der Waals surface area (Å²) in [4.78, 5) is 14.5. The first-order valence-electron chi connectivity index (χ1n) is 5.07. The second-order valence-electron chi connectivity index (χ2n) is 3.54. The molecule has 0 aliphatic carbocycles. The Bertz CT molecular complexity index is 565. The first-order chi connectivity index (χ1) is 8.56. The summed E-state index contributed by atoms with van der Waals surface area (Å²) in [6.07, 6.45) is 1.53. The number of nitrogens with zero attached hydrogens (tertiary/aromatic N) is 3. The van der Waals surface area contributed by atoms with Gasteiger partial charge in [0.1, 0.15) is 0 Å². The molecule has 0 aromatic carbocycles. The molecule has 0 fully saturated rings. The third-order valence-corrected chi connectivity index (χ3v) is 2.41. The highest BCUT2D eigenvalue weighted by Crippen LogP contribution is 2.22. The van der Waals surface area contributed by atoms with Gasteiger partial charge < -0.3 is 9.84 Å². The van der Waals surface area contributed by atoms with Crippen LogP contribution >= 0.6 is 11.6 Å². The third-order valence-electron chi connectivity index (χ3n) is 2.19. The van der Waals surface area contributed by atoms with Gasteiger partial charge in [-0.1, -0.05) is 11.6 Å². The molecule has 0 aliphatic rings. The van der Waals surface area contributed by atoms with E-state index in [2.05, 4.69) is 10.1 Å². The Morgan fingerprint density at radius 3 is 2.94 bits per heavy atom. The number of hydrogen-bond acceptors (Lipinski definition) is 4. The minimum absolute atomic E-state index is 0.242. The Morgan fingerprint density at radius 1 is 1.56 bits per heavy atom. The fraction of sp³-hybridized carbons (Fsp3) is 0.182. The van der Waals surface area contributed by atoms with Crippen molar-refractivity contribution >= 4 is 17.6 Å². The lowest BCUT2D eigenvalue weighted by molar-refractivity contribution is -0.139. The predicted molar refractivity (Wildman–Crippen MR) is 64.6 cm³/mol. The summed E-state index contributed by atoms with van der Waals surface area (Å²) < 4.78 is 6.55. The number of carboxylic acids is 1. The van der Waals surface area contributed by atoms with E-state index in [0.717, 1.165) is 0 Å². The smallest absolute Gasteiger partial charge is 0.341 e. The highest BCUT2D eigenvalue weighted by atomic mass is 35.5. The third kappa shape index (κ3) is 2.78. The summed E-state index contributed by atoms with van der Waals surface area (Å²) >= 11 is 5.75. The zero-order chi connectivity index (χ0) is 13.1. The van der Waals surface area contributed by atoms with E-state index in [1.807, 2.05) is 0 Å². The van der Waals surface area contributed by atoms with Gasteiger partial charge in [0.15, 0.2) is 6.61 Å². The quantitative estimate of drug-likeness (QED) is 0.910. The van der Waals surface area contributed by atoms with Crippen LogP contribution in [0.2, 0.25) is 5.02 Å². The van der Waals surface area contributed by atoms with Crippen molar-refractivity contribution in [2.45, 2.75) is 0 Å². The molecule has 0 spiro atoms. The average molecular weight is 268 g/mol. The standard InChI is InChI=1S/C11H10ClN3O3/c1-15-9(8-3-2-7(12)5-13-8)4-10(14-15)18-6-11(16)17/h2-5H,6H2,1H3,(H,16,17). The van der Waals surface area contributed by atoms with E-state index in [1.54, 1.807) is 29.9 Å². The maximum absolute atomic E-state index is 10.4. The molecular formula is C11H10ClN3O3. The van der Waals surface area contributed by atoms with Gasteiger partial charge in [-0.15, -0.1) is 5.10 Å². The summed E-state index contributed by atoms with van der Waals surface area (Å²) in [7, 11) is 1.72. The van der Waals surface area contributed by atoms with Crippen LogP contribution in [-0.4, -0.2) is 32.4 Å². The second kappa shape index (κ2) is 5.05. The topological polar surface area (TPSA) is 77.2 Å². The lowest BCUT2D eigenvalue weighted by Crippen LogP contribution is -2.09. The van der Waals surface area contributed by atoms with Crippen molar-refractivity contribution in [1.82, 2.24) is 14.8 Å². The Balaban J connectivity index is 2.23. The SMILES string of the molecule is Cn1nc(OCC(=O)O)cc1-c1ccc(Cl)cn1. The summed E-state index contributed by atoms with van der Waals surface area (Å²) in [5.74, 6) is -0.807. The van der Waals surface area contributed by atoms with E-state index in [-0.39, 0.29) is 5.88 Å². The minimum atomic E-state index is -1.05. The van der Waals surface area contributed by atoms with Crippen LogP contribution in [0.3, 0.4) is 0 Å². The molecule has 0 unspecified atom stereocenters. The molecule has 0 bridgehead atoms. The summed E-state index contributed by atoms with van der Waals surface area (Å²) in [5.41, 5.74) is 1.40. The van der Waals surface area contributed by atoms with E-state index in [0.29, 0.717) is 16.4 Å². The maximum Gasteiger partial charge on any atom is 0.341 e. The Hall–Kier alpha value is -2.08. The monoisotopic (exact) mass is 267 g/mol. The van der Waals surface area contributed by atoms with Gasteiger partial charge >= 0.3 is 5.97 Å². The molecule has 94 valence electrons. The number of pyridine rings is 1. The zero-order valence-electron chi connectivity index (χ0n) is 9.50. The average Bonchev–Trinajstić information content (AvgIpc) is 2.69. The molecule has 2 heterocycles. The molecule has 0 saturated heterocycles.